The fourth-order valence-corrected chi connectivity index (χ4v) is 4.26. The molecule has 0 bridgehead atoms. The van der Waals surface area contributed by atoms with Crippen LogP contribution in [0.3, 0.4) is 0 Å². The lowest BCUT2D eigenvalue weighted by atomic mass is 10.2. The Morgan fingerprint density at radius 3 is 2.58 bits per heavy atom. The Morgan fingerprint density at radius 2 is 1.96 bits per heavy atom. The number of halogens is 1. The molecule has 1 aromatic heterocycles. The van der Waals surface area contributed by atoms with Crippen molar-refractivity contribution in [2.45, 2.75) is 37.1 Å². The quantitative estimate of drug-likeness (QED) is 0.710. The highest BCUT2D eigenvalue weighted by Crippen LogP contribution is 2.21. The Hall–Kier alpha value is -1.55. The van der Waals surface area contributed by atoms with Crippen LogP contribution in [0.5, 0.6) is 0 Å². The number of hydrogen-bond acceptors (Lipinski definition) is 6. The Balaban J connectivity index is 2.07. The fraction of sp³-hybridized carbons (Fsp3) is 0.357. The number of nitrogens with zero attached hydrogens (tertiary/aromatic N) is 2. The molecule has 0 spiro atoms. The molecule has 2 aromatic rings. The van der Waals surface area contributed by atoms with E-state index in [9.17, 15) is 13.2 Å². The SMILES string of the molecule is CCCC(C)NS(=O)(=O)c1nnc(NC(=O)c2ccc(Cl)cc2)s1. The lowest BCUT2D eigenvalue weighted by Gasteiger charge is -2.10. The van der Waals surface area contributed by atoms with E-state index in [4.69, 9.17) is 11.6 Å². The van der Waals surface area contributed by atoms with Gasteiger partial charge in [0.1, 0.15) is 0 Å². The highest BCUT2D eigenvalue weighted by atomic mass is 35.5. The monoisotopic (exact) mass is 388 g/mol. The summed E-state index contributed by atoms with van der Waals surface area (Å²) in [5.74, 6) is -0.418. The van der Waals surface area contributed by atoms with Crippen molar-refractivity contribution in [3.63, 3.8) is 0 Å². The van der Waals surface area contributed by atoms with E-state index in [1.54, 1.807) is 31.2 Å². The van der Waals surface area contributed by atoms with E-state index in [0.717, 1.165) is 24.2 Å². The van der Waals surface area contributed by atoms with Gasteiger partial charge in [-0.2, -0.15) is 0 Å². The van der Waals surface area contributed by atoms with Gasteiger partial charge in [-0.15, -0.1) is 10.2 Å². The van der Waals surface area contributed by atoms with Gasteiger partial charge in [0.15, 0.2) is 0 Å². The summed E-state index contributed by atoms with van der Waals surface area (Å²) >= 11 is 6.56. The second-order valence-corrected chi connectivity index (χ2v) is 8.45. The topological polar surface area (TPSA) is 101 Å². The standard InChI is InChI=1S/C14H17ClN4O3S2/c1-3-4-9(2)19-24(21,22)14-18-17-13(23-14)16-12(20)10-5-7-11(15)8-6-10/h5-9,19H,3-4H2,1-2H3,(H,16,17,20). The van der Waals surface area contributed by atoms with E-state index in [-0.39, 0.29) is 15.5 Å². The smallest absolute Gasteiger partial charge is 0.270 e. The number of aromatic nitrogens is 2. The van der Waals surface area contributed by atoms with Crippen LogP contribution in [0.1, 0.15) is 37.0 Å². The van der Waals surface area contributed by atoms with E-state index < -0.39 is 15.9 Å². The third-order valence-electron chi connectivity index (χ3n) is 3.04. The molecule has 1 aromatic carbocycles. The van der Waals surface area contributed by atoms with Gasteiger partial charge in [-0.25, -0.2) is 13.1 Å². The molecule has 7 nitrogen and oxygen atoms in total. The third-order valence-corrected chi connectivity index (χ3v) is 6.09. The minimum absolute atomic E-state index is 0.110. The van der Waals surface area contributed by atoms with Crippen LogP contribution in [-0.2, 0) is 10.0 Å². The summed E-state index contributed by atoms with van der Waals surface area (Å²) in [5, 5.41) is 10.5. The van der Waals surface area contributed by atoms with E-state index in [0.29, 0.717) is 10.6 Å². The normalized spacial score (nSPS) is 12.8. The van der Waals surface area contributed by atoms with Crippen LogP contribution in [-0.4, -0.2) is 30.6 Å². The number of nitrogens with one attached hydrogen (secondary N) is 2. The number of carbonyl (C=O) groups is 1. The van der Waals surface area contributed by atoms with Gasteiger partial charge in [-0.05, 0) is 37.6 Å². The summed E-state index contributed by atoms with van der Waals surface area (Å²) in [5.41, 5.74) is 0.383. The van der Waals surface area contributed by atoms with Crippen molar-refractivity contribution in [1.29, 1.82) is 0 Å². The number of amides is 1. The van der Waals surface area contributed by atoms with Gasteiger partial charge >= 0.3 is 0 Å². The van der Waals surface area contributed by atoms with Gasteiger partial charge in [-0.1, -0.05) is 36.3 Å². The van der Waals surface area contributed by atoms with Crippen molar-refractivity contribution in [2.75, 3.05) is 5.32 Å². The molecule has 2 rings (SSSR count). The maximum absolute atomic E-state index is 12.2. The highest BCUT2D eigenvalue weighted by Gasteiger charge is 2.22. The lowest BCUT2D eigenvalue weighted by Crippen LogP contribution is -2.32. The summed E-state index contributed by atoms with van der Waals surface area (Å²) in [6, 6.07) is 6.10. The molecule has 10 heteroatoms. The molecule has 0 aliphatic rings. The van der Waals surface area contributed by atoms with Crippen molar-refractivity contribution in [2.24, 2.45) is 0 Å². The number of hydrogen-bond donors (Lipinski definition) is 2. The number of carbonyl (C=O) groups excluding carboxylic acids is 1. The molecule has 1 amide bonds. The number of benzene rings is 1. The van der Waals surface area contributed by atoms with Crippen LogP contribution in [0, 0.1) is 0 Å². The zero-order valence-electron chi connectivity index (χ0n) is 13.1. The van der Waals surface area contributed by atoms with E-state index in [1.807, 2.05) is 6.92 Å². The first kappa shape index (κ1) is 18.8. The predicted octanol–water partition coefficient (Wildman–Crippen LogP) is 2.91. The van der Waals surface area contributed by atoms with Crippen LogP contribution >= 0.6 is 22.9 Å². The summed E-state index contributed by atoms with van der Waals surface area (Å²) in [6.45, 7) is 3.76. The molecule has 24 heavy (non-hydrogen) atoms. The maximum Gasteiger partial charge on any atom is 0.270 e. The second kappa shape index (κ2) is 8.02. The summed E-state index contributed by atoms with van der Waals surface area (Å²) in [4.78, 5) is 12.1. The molecule has 0 aliphatic carbocycles. The van der Waals surface area contributed by atoms with Gasteiger partial charge in [0.05, 0.1) is 0 Å². The molecule has 1 heterocycles. The minimum atomic E-state index is -3.74. The Bertz CT molecular complexity index is 806. The fourth-order valence-electron chi connectivity index (χ4n) is 1.95. The first-order chi connectivity index (χ1) is 11.3. The first-order valence-corrected chi connectivity index (χ1v) is 9.92. The summed E-state index contributed by atoms with van der Waals surface area (Å²) in [7, 11) is -3.74. The van der Waals surface area contributed by atoms with Crippen molar-refractivity contribution in [3.05, 3.63) is 34.9 Å². The molecule has 130 valence electrons. The van der Waals surface area contributed by atoms with Crippen molar-refractivity contribution in [3.8, 4) is 0 Å². The van der Waals surface area contributed by atoms with Gasteiger partial charge in [0.25, 0.3) is 15.9 Å². The Morgan fingerprint density at radius 1 is 1.29 bits per heavy atom. The van der Waals surface area contributed by atoms with Crippen LogP contribution in [0.15, 0.2) is 28.6 Å². The Kier molecular flexibility index (Phi) is 6.27. The van der Waals surface area contributed by atoms with Crippen molar-refractivity contribution in [1.82, 2.24) is 14.9 Å². The zero-order valence-corrected chi connectivity index (χ0v) is 15.5. The van der Waals surface area contributed by atoms with Gasteiger partial charge in [0, 0.05) is 16.6 Å². The van der Waals surface area contributed by atoms with Gasteiger partial charge in [0.2, 0.25) is 9.47 Å². The predicted molar refractivity (Wildman–Crippen MR) is 94.0 cm³/mol. The lowest BCUT2D eigenvalue weighted by molar-refractivity contribution is 0.102. The van der Waals surface area contributed by atoms with Crippen molar-refractivity contribution >= 4 is 44.0 Å². The molecular formula is C14H17ClN4O3S2. The third kappa shape index (κ3) is 4.97. The molecule has 0 fully saturated rings. The number of anilines is 1. The molecule has 0 aliphatic heterocycles. The van der Waals surface area contributed by atoms with Crippen LogP contribution in [0.2, 0.25) is 5.02 Å². The largest absolute Gasteiger partial charge is 0.296 e. The Labute approximate surface area is 149 Å². The van der Waals surface area contributed by atoms with Crippen LogP contribution < -0.4 is 10.0 Å². The zero-order chi connectivity index (χ0) is 17.7. The average Bonchev–Trinajstić information content (AvgIpc) is 2.97. The summed E-state index contributed by atoms with van der Waals surface area (Å²) < 4.78 is 26.7. The number of sulfonamides is 1. The molecule has 0 saturated heterocycles. The van der Waals surface area contributed by atoms with Crippen LogP contribution in [0.25, 0.3) is 0 Å². The van der Waals surface area contributed by atoms with E-state index in [1.165, 1.54) is 0 Å². The second-order valence-electron chi connectivity index (χ2n) is 5.15. The molecule has 0 radical (unpaired) electrons. The van der Waals surface area contributed by atoms with Gasteiger partial charge in [-0.3, -0.25) is 10.1 Å². The minimum Gasteiger partial charge on any atom is -0.296 e. The molecular weight excluding hydrogens is 372 g/mol. The molecule has 2 N–H and O–H groups in total. The van der Waals surface area contributed by atoms with Gasteiger partial charge < -0.3 is 0 Å². The first-order valence-electron chi connectivity index (χ1n) is 7.24. The van der Waals surface area contributed by atoms with Crippen LogP contribution in [0.4, 0.5) is 5.13 Å². The molecule has 1 atom stereocenters. The number of rotatable bonds is 7. The summed E-state index contributed by atoms with van der Waals surface area (Å²) in [6.07, 6.45) is 1.58. The molecule has 0 saturated carbocycles. The highest BCUT2D eigenvalue weighted by molar-refractivity contribution is 7.91. The van der Waals surface area contributed by atoms with E-state index in [2.05, 4.69) is 20.2 Å². The van der Waals surface area contributed by atoms with E-state index >= 15 is 0 Å². The molecule has 1 unspecified atom stereocenters. The maximum atomic E-state index is 12.2. The van der Waals surface area contributed by atoms with Crippen molar-refractivity contribution < 1.29 is 13.2 Å². The average molecular weight is 389 g/mol.